The minimum Gasteiger partial charge on any atom is -0.374 e. The Bertz CT molecular complexity index is 233. The van der Waals surface area contributed by atoms with Crippen LogP contribution in [-0.4, -0.2) is 47.4 Å². The molecule has 1 amide bonds. The van der Waals surface area contributed by atoms with Crippen LogP contribution in [0.3, 0.4) is 0 Å². The number of amides is 1. The van der Waals surface area contributed by atoms with Gasteiger partial charge in [-0.05, 0) is 27.2 Å². The molecular weight excluding hydrogens is 254 g/mol. The molecule has 0 heterocycles. The third kappa shape index (κ3) is 6.85. The smallest absolute Gasteiger partial charge is 0.374 e. The molecule has 106 valence electrons. The van der Waals surface area contributed by atoms with E-state index in [2.05, 4.69) is 5.32 Å². The van der Waals surface area contributed by atoms with Crippen molar-refractivity contribution in [3.05, 3.63) is 0 Å². The topological polar surface area (TPSA) is 73.9 Å². The first-order valence-electron chi connectivity index (χ1n) is 6.29. The molecule has 0 aliphatic heterocycles. The Balaban J connectivity index is 4.20. The van der Waals surface area contributed by atoms with E-state index in [4.69, 9.17) is 13.3 Å². The zero-order valence-corrected chi connectivity index (χ0v) is 12.4. The van der Waals surface area contributed by atoms with Gasteiger partial charge in [0.2, 0.25) is 6.29 Å². The molecule has 0 radical (unpaired) electrons. The van der Waals surface area contributed by atoms with Crippen LogP contribution in [0, 0.1) is 0 Å². The molecule has 6 nitrogen and oxygen atoms in total. The molecular formula is C11H23NO5Si. The van der Waals surface area contributed by atoms with E-state index in [1.54, 1.807) is 0 Å². The highest BCUT2D eigenvalue weighted by molar-refractivity contribution is 6.60. The first-order valence-corrected chi connectivity index (χ1v) is 8.22. The molecule has 0 spiro atoms. The number of aldehydes is 1. The molecule has 0 aliphatic rings. The fourth-order valence-electron chi connectivity index (χ4n) is 1.56. The standard InChI is InChI=1S/C11H23NO5Si/c1-4-15-18(16-5-2,17-6-3)9-7-8-12-11(14)10-13/h10H,4-9H2,1-3H3,(H,12,14). The lowest BCUT2D eigenvalue weighted by atomic mass is 10.5. The van der Waals surface area contributed by atoms with E-state index in [0.717, 1.165) is 0 Å². The van der Waals surface area contributed by atoms with Gasteiger partial charge in [-0.15, -0.1) is 0 Å². The van der Waals surface area contributed by atoms with Gasteiger partial charge in [-0.3, -0.25) is 9.59 Å². The molecule has 0 rings (SSSR count). The van der Waals surface area contributed by atoms with Gasteiger partial charge < -0.3 is 18.6 Å². The van der Waals surface area contributed by atoms with E-state index in [9.17, 15) is 9.59 Å². The van der Waals surface area contributed by atoms with E-state index < -0.39 is 14.7 Å². The van der Waals surface area contributed by atoms with Gasteiger partial charge in [0.1, 0.15) is 0 Å². The van der Waals surface area contributed by atoms with E-state index >= 15 is 0 Å². The van der Waals surface area contributed by atoms with Crippen LogP contribution in [0.5, 0.6) is 0 Å². The van der Waals surface area contributed by atoms with Crippen LogP contribution < -0.4 is 5.32 Å². The molecule has 0 saturated carbocycles. The highest BCUT2D eigenvalue weighted by Gasteiger charge is 2.39. The maximum Gasteiger partial charge on any atom is 0.500 e. The number of carbonyl (C=O) groups is 2. The van der Waals surface area contributed by atoms with Crippen LogP contribution in [-0.2, 0) is 22.9 Å². The maximum absolute atomic E-state index is 10.8. The molecule has 18 heavy (non-hydrogen) atoms. The largest absolute Gasteiger partial charge is 0.500 e. The summed E-state index contributed by atoms with van der Waals surface area (Å²) in [6.07, 6.45) is 0.921. The van der Waals surface area contributed by atoms with Crippen LogP contribution in [0.25, 0.3) is 0 Å². The third-order valence-corrected chi connectivity index (χ3v) is 5.31. The predicted molar refractivity (Wildman–Crippen MR) is 69.1 cm³/mol. The highest BCUT2D eigenvalue weighted by Crippen LogP contribution is 2.17. The third-order valence-electron chi connectivity index (χ3n) is 2.16. The summed E-state index contributed by atoms with van der Waals surface area (Å²) < 4.78 is 17.0. The van der Waals surface area contributed by atoms with Crippen LogP contribution in [0.2, 0.25) is 6.04 Å². The van der Waals surface area contributed by atoms with Crippen molar-refractivity contribution in [2.24, 2.45) is 0 Å². The second-order valence-electron chi connectivity index (χ2n) is 3.49. The number of hydrogen-bond donors (Lipinski definition) is 1. The lowest BCUT2D eigenvalue weighted by Gasteiger charge is -2.28. The zero-order chi connectivity index (χ0) is 13.9. The van der Waals surface area contributed by atoms with Gasteiger partial charge in [0, 0.05) is 32.4 Å². The van der Waals surface area contributed by atoms with Gasteiger partial charge in [-0.25, -0.2) is 0 Å². The summed E-state index contributed by atoms with van der Waals surface area (Å²) in [7, 11) is -2.62. The maximum atomic E-state index is 10.8. The fourth-order valence-corrected chi connectivity index (χ4v) is 4.17. The van der Waals surface area contributed by atoms with Crippen LogP contribution in [0.1, 0.15) is 27.2 Å². The lowest BCUT2D eigenvalue weighted by molar-refractivity contribution is -0.131. The molecule has 0 atom stereocenters. The van der Waals surface area contributed by atoms with Gasteiger partial charge >= 0.3 is 8.80 Å². The Morgan fingerprint density at radius 2 is 1.61 bits per heavy atom. The van der Waals surface area contributed by atoms with Crippen molar-refractivity contribution < 1.29 is 22.9 Å². The molecule has 0 saturated heterocycles. The second-order valence-corrected chi connectivity index (χ2v) is 6.23. The van der Waals surface area contributed by atoms with Crippen molar-refractivity contribution in [2.45, 2.75) is 33.2 Å². The van der Waals surface area contributed by atoms with Crippen molar-refractivity contribution in [3.63, 3.8) is 0 Å². The van der Waals surface area contributed by atoms with E-state index in [1.165, 1.54) is 0 Å². The van der Waals surface area contributed by atoms with Gasteiger partial charge in [-0.2, -0.15) is 0 Å². The Hall–Kier alpha value is -0.763. The monoisotopic (exact) mass is 277 g/mol. The first kappa shape index (κ1) is 17.2. The van der Waals surface area contributed by atoms with E-state index in [0.29, 0.717) is 38.8 Å². The molecule has 0 aromatic rings. The summed E-state index contributed by atoms with van der Waals surface area (Å²) >= 11 is 0. The quantitative estimate of drug-likeness (QED) is 0.261. The summed E-state index contributed by atoms with van der Waals surface area (Å²) in [5.41, 5.74) is 0. The van der Waals surface area contributed by atoms with E-state index in [-0.39, 0.29) is 6.29 Å². The van der Waals surface area contributed by atoms with Crippen molar-refractivity contribution in [1.29, 1.82) is 0 Å². The van der Waals surface area contributed by atoms with E-state index in [1.807, 2.05) is 20.8 Å². The normalized spacial score (nSPS) is 11.3. The summed E-state index contributed by atoms with van der Waals surface area (Å²) in [4.78, 5) is 20.9. The molecule has 1 N–H and O–H groups in total. The van der Waals surface area contributed by atoms with Crippen molar-refractivity contribution in [3.8, 4) is 0 Å². The van der Waals surface area contributed by atoms with Crippen molar-refractivity contribution in [2.75, 3.05) is 26.4 Å². The average Bonchev–Trinajstić information content (AvgIpc) is 2.35. The Kier molecular flexibility index (Phi) is 9.75. The molecule has 7 heteroatoms. The molecule has 0 aromatic heterocycles. The summed E-state index contributed by atoms with van der Waals surface area (Å²) in [5, 5.41) is 2.48. The molecule has 0 aromatic carbocycles. The number of carbonyl (C=O) groups excluding carboxylic acids is 2. The molecule has 0 aliphatic carbocycles. The average molecular weight is 277 g/mol. The minimum atomic E-state index is -2.62. The van der Waals surface area contributed by atoms with Crippen molar-refractivity contribution >= 4 is 21.0 Å². The second kappa shape index (κ2) is 10.2. The predicted octanol–water partition coefficient (Wildman–Crippen LogP) is 0.740. The summed E-state index contributed by atoms with van der Waals surface area (Å²) in [5.74, 6) is -0.605. The Morgan fingerprint density at radius 1 is 1.11 bits per heavy atom. The molecule has 0 bridgehead atoms. The van der Waals surface area contributed by atoms with Crippen LogP contribution in [0.15, 0.2) is 0 Å². The van der Waals surface area contributed by atoms with Crippen LogP contribution >= 0.6 is 0 Å². The highest BCUT2D eigenvalue weighted by atomic mass is 28.4. The molecule has 0 unspecified atom stereocenters. The van der Waals surface area contributed by atoms with Gasteiger partial charge in [-0.1, -0.05) is 0 Å². The van der Waals surface area contributed by atoms with Crippen molar-refractivity contribution in [1.82, 2.24) is 5.32 Å². The lowest BCUT2D eigenvalue weighted by Crippen LogP contribution is -2.46. The SMILES string of the molecule is CCO[Si](CCCNC(=O)C=O)(OCC)OCC. The Labute approximate surface area is 109 Å². The summed E-state index contributed by atoms with van der Waals surface area (Å²) in [6.45, 7) is 7.71. The number of hydrogen-bond acceptors (Lipinski definition) is 5. The number of nitrogens with one attached hydrogen (secondary N) is 1. The minimum absolute atomic E-state index is 0.262. The fraction of sp³-hybridized carbons (Fsp3) is 0.818. The van der Waals surface area contributed by atoms with Gasteiger partial charge in [0.15, 0.2) is 0 Å². The van der Waals surface area contributed by atoms with Gasteiger partial charge in [0.25, 0.3) is 5.91 Å². The first-order chi connectivity index (χ1) is 8.64. The number of rotatable bonds is 11. The zero-order valence-electron chi connectivity index (χ0n) is 11.4. The summed E-state index contributed by atoms with van der Waals surface area (Å²) in [6, 6.07) is 0.627. The van der Waals surface area contributed by atoms with Gasteiger partial charge in [0.05, 0.1) is 0 Å². The molecule has 0 fully saturated rings. The Morgan fingerprint density at radius 3 is 2.00 bits per heavy atom. The van der Waals surface area contributed by atoms with Crippen LogP contribution in [0.4, 0.5) is 0 Å².